The van der Waals surface area contributed by atoms with Gasteiger partial charge in [0, 0.05) is 0 Å². The van der Waals surface area contributed by atoms with Gasteiger partial charge in [-0.05, 0) is 0 Å². The highest BCUT2D eigenvalue weighted by Crippen LogP contribution is 1.84. The molecule has 0 saturated heterocycles. The zero-order valence-electron chi connectivity index (χ0n) is 6.08. The third-order valence-electron chi connectivity index (χ3n) is 1.41. The molecule has 0 atom stereocenters. The van der Waals surface area contributed by atoms with E-state index in [1.807, 2.05) is 10.8 Å². The molecule has 0 radical (unpaired) electrons. The standard InChI is InChI=1S/C6H12N3O/c1-8-6(7)9-2-4-10-5-3-9/h2H,3-5H2,1H3,(H2,7,8)/q+1. The second-order valence-electron chi connectivity index (χ2n) is 2.03. The Hall–Kier alpha value is -0.900. The first kappa shape index (κ1) is 7.21. The summed E-state index contributed by atoms with van der Waals surface area (Å²) in [5.74, 6) is 0.559. The Balaban J connectivity index is 2.62. The van der Waals surface area contributed by atoms with Gasteiger partial charge in [0.25, 0.3) is 0 Å². The average molecular weight is 142 g/mol. The van der Waals surface area contributed by atoms with Crippen LogP contribution in [0.5, 0.6) is 0 Å². The molecule has 0 aromatic carbocycles. The second-order valence-corrected chi connectivity index (χ2v) is 2.03. The molecule has 56 valence electrons. The van der Waals surface area contributed by atoms with Crippen molar-refractivity contribution in [3.63, 3.8) is 0 Å². The quantitative estimate of drug-likeness (QED) is 0.269. The third-order valence-corrected chi connectivity index (χ3v) is 1.41. The zero-order chi connectivity index (χ0) is 7.40. The summed E-state index contributed by atoms with van der Waals surface area (Å²) in [6.45, 7) is 2.17. The number of guanidine groups is 1. The van der Waals surface area contributed by atoms with Crippen LogP contribution >= 0.6 is 0 Å². The van der Waals surface area contributed by atoms with Gasteiger partial charge in [-0.2, -0.15) is 0 Å². The van der Waals surface area contributed by atoms with Gasteiger partial charge in [-0.3, -0.25) is 5.73 Å². The van der Waals surface area contributed by atoms with Gasteiger partial charge < -0.3 is 4.74 Å². The number of hydrogen-bond acceptors (Lipinski definition) is 2. The number of nitrogens with zero attached hydrogens (tertiary/aromatic N) is 2. The molecule has 1 aliphatic heterocycles. The van der Waals surface area contributed by atoms with Crippen LogP contribution in [0.25, 0.3) is 0 Å². The summed E-state index contributed by atoms with van der Waals surface area (Å²) in [7, 11) is 1.68. The monoisotopic (exact) mass is 142 g/mol. The molecular weight excluding hydrogens is 130 g/mol. The highest BCUT2D eigenvalue weighted by atomic mass is 16.5. The van der Waals surface area contributed by atoms with Crippen molar-refractivity contribution >= 4 is 12.2 Å². The van der Waals surface area contributed by atoms with E-state index in [1.54, 1.807) is 7.05 Å². The lowest BCUT2D eigenvalue weighted by Gasteiger charge is -2.10. The zero-order valence-corrected chi connectivity index (χ0v) is 6.08. The van der Waals surface area contributed by atoms with E-state index in [1.165, 1.54) is 0 Å². The second kappa shape index (κ2) is 3.31. The van der Waals surface area contributed by atoms with Crippen molar-refractivity contribution in [1.29, 1.82) is 0 Å². The molecule has 0 fully saturated rings. The minimum Gasteiger partial charge on any atom is -0.371 e. The Morgan fingerprint density at radius 1 is 1.80 bits per heavy atom. The largest absolute Gasteiger partial charge is 0.383 e. The fraction of sp³-hybridized carbons (Fsp3) is 0.667. The van der Waals surface area contributed by atoms with Gasteiger partial charge in [-0.1, -0.05) is 0 Å². The maximum atomic E-state index is 5.54. The van der Waals surface area contributed by atoms with E-state index in [0.717, 1.165) is 13.2 Å². The molecule has 0 amide bonds. The van der Waals surface area contributed by atoms with Gasteiger partial charge in [0.2, 0.25) is 0 Å². The summed E-state index contributed by atoms with van der Waals surface area (Å²) in [6.07, 6.45) is 1.89. The lowest BCUT2D eigenvalue weighted by molar-refractivity contribution is -0.421. The normalized spacial score (nSPS) is 20.5. The van der Waals surface area contributed by atoms with E-state index in [2.05, 4.69) is 4.99 Å². The van der Waals surface area contributed by atoms with Crippen LogP contribution in [0.2, 0.25) is 0 Å². The summed E-state index contributed by atoms with van der Waals surface area (Å²) < 4.78 is 6.98. The molecule has 0 aromatic rings. The van der Waals surface area contributed by atoms with Crippen molar-refractivity contribution < 1.29 is 9.31 Å². The Labute approximate surface area is 60.0 Å². The molecule has 0 aliphatic carbocycles. The molecule has 1 aliphatic rings. The molecule has 4 heteroatoms. The average Bonchev–Trinajstić information content (AvgIpc) is 2.05. The van der Waals surface area contributed by atoms with Crippen LogP contribution in [0.1, 0.15) is 0 Å². The molecule has 1 heterocycles. The predicted octanol–water partition coefficient (Wildman–Crippen LogP) is -0.956. The Kier molecular flexibility index (Phi) is 2.39. The third kappa shape index (κ3) is 1.54. The topological polar surface area (TPSA) is 50.6 Å². The van der Waals surface area contributed by atoms with E-state index < -0.39 is 0 Å². The molecule has 1 rings (SSSR count). The minimum absolute atomic E-state index is 0.559. The van der Waals surface area contributed by atoms with E-state index in [-0.39, 0.29) is 0 Å². The van der Waals surface area contributed by atoms with Crippen molar-refractivity contribution in [1.82, 2.24) is 0 Å². The molecule has 2 N–H and O–H groups in total. The summed E-state index contributed by atoms with van der Waals surface area (Å²) in [4.78, 5) is 3.85. The first-order valence-electron chi connectivity index (χ1n) is 3.24. The van der Waals surface area contributed by atoms with Gasteiger partial charge in [-0.15, -0.1) is 4.99 Å². The van der Waals surface area contributed by atoms with Gasteiger partial charge in [-0.25, -0.2) is 4.58 Å². The van der Waals surface area contributed by atoms with E-state index in [4.69, 9.17) is 10.5 Å². The first-order chi connectivity index (χ1) is 4.84. The molecular formula is C6H12N3O+. The van der Waals surface area contributed by atoms with Crippen LogP contribution in [0.15, 0.2) is 4.99 Å². The Morgan fingerprint density at radius 2 is 2.60 bits per heavy atom. The van der Waals surface area contributed by atoms with Gasteiger partial charge in [0.1, 0.15) is 0 Å². The van der Waals surface area contributed by atoms with E-state index in [0.29, 0.717) is 12.6 Å². The first-order valence-corrected chi connectivity index (χ1v) is 3.24. The molecule has 4 nitrogen and oxygen atoms in total. The van der Waals surface area contributed by atoms with Crippen LogP contribution in [0.4, 0.5) is 0 Å². The maximum absolute atomic E-state index is 5.54. The number of nitrogens with two attached hydrogens (primary N) is 1. The lowest BCUT2D eigenvalue weighted by atomic mass is 10.5. The maximum Gasteiger partial charge on any atom is 0.383 e. The summed E-state index contributed by atoms with van der Waals surface area (Å²) >= 11 is 0. The Morgan fingerprint density at radius 3 is 3.10 bits per heavy atom. The van der Waals surface area contributed by atoms with Gasteiger partial charge >= 0.3 is 5.96 Å². The highest BCUT2D eigenvalue weighted by molar-refractivity contribution is 5.74. The van der Waals surface area contributed by atoms with E-state index >= 15 is 0 Å². The fourth-order valence-electron chi connectivity index (χ4n) is 0.817. The number of rotatable bonds is 0. The molecule has 0 bridgehead atoms. The highest BCUT2D eigenvalue weighted by Gasteiger charge is 2.09. The van der Waals surface area contributed by atoms with Crippen LogP contribution in [-0.4, -0.2) is 43.6 Å². The smallest absolute Gasteiger partial charge is 0.371 e. The van der Waals surface area contributed by atoms with Crippen molar-refractivity contribution in [2.45, 2.75) is 0 Å². The summed E-state index contributed by atoms with van der Waals surface area (Å²) in [5, 5.41) is 0. The number of ether oxygens (including phenoxy) is 1. The molecule has 0 saturated carbocycles. The Bertz CT molecular complexity index is 174. The predicted molar refractivity (Wildman–Crippen MR) is 39.6 cm³/mol. The minimum atomic E-state index is 0.559. The molecule has 0 spiro atoms. The van der Waals surface area contributed by atoms with Crippen molar-refractivity contribution in [2.24, 2.45) is 10.7 Å². The molecule has 10 heavy (non-hydrogen) atoms. The number of hydrogen-bond donors (Lipinski definition) is 1. The van der Waals surface area contributed by atoms with Crippen molar-refractivity contribution in [3.05, 3.63) is 0 Å². The summed E-state index contributed by atoms with van der Waals surface area (Å²) in [5.41, 5.74) is 5.54. The SMILES string of the molecule is CN=C(N)[N+]1=CCOCC1. The number of aliphatic imine (C=N–C) groups is 1. The van der Waals surface area contributed by atoms with Gasteiger partial charge in [0.15, 0.2) is 0 Å². The van der Waals surface area contributed by atoms with E-state index in [9.17, 15) is 0 Å². The van der Waals surface area contributed by atoms with Gasteiger partial charge in [0.05, 0.1) is 33.0 Å². The molecule has 0 unspecified atom stereocenters. The van der Waals surface area contributed by atoms with Crippen LogP contribution in [0.3, 0.4) is 0 Å². The molecule has 0 aromatic heterocycles. The van der Waals surface area contributed by atoms with Crippen LogP contribution in [-0.2, 0) is 4.74 Å². The fourth-order valence-corrected chi connectivity index (χ4v) is 0.817. The lowest BCUT2D eigenvalue weighted by Crippen LogP contribution is -2.36. The van der Waals surface area contributed by atoms with Crippen LogP contribution < -0.4 is 5.73 Å². The van der Waals surface area contributed by atoms with Crippen LogP contribution in [0, 0.1) is 0 Å². The van der Waals surface area contributed by atoms with Crippen molar-refractivity contribution in [2.75, 3.05) is 26.8 Å². The van der Waals surface area contributed by atoms with Crippen molar-refractivity contribution in [3.8, 4) is 0 Å². The summed E-state index contributed by atoms with van der Waals surface area (Å²) in [6, 6.07) is 0.